The van der Waals surface area contributed by atoms with Crippen molar-refractivity contribution in [3.8, 4) is 0 Å². The van der Waals surface area contributed by atoms with Crippen molar-refractivity contribution in [2.75, 3.05) is 20.2 Å². The average molecular weight is 276 g/mol. The van der Waals surface area contributed by atoms with Crippen molar-refractivity contribution in [1.29, 1.82) is 0 Å². The predicted octanol–water partition coefficient (Wildman–Crippen LogP) is 1.40. The van der Waals surface area contributed by atoms with Gasteiger partial charge in [-0.15, -0.1) is 0 Å². The molecule has 0 saturated heterocycles. The Kier molecular flexibility index (Phi) is 4.76. The van der Waals surface area contributed by atoms with E-state index >= 15 is 0 Å². The van der Waals surface area contributed by atoms with E-state index in [0.29, 0.717) is 6.54 Å². The number of hydrogen-bond donors (Lipinski definition) is 1. The van der Waals surface area contributed by atoms with Gasteiger partial charge in [-0.1, -0.05) is 0 Å². The molecular formula is C10H18BrN3O. The van der Waals surface area contributed by atoms with Gasteiger partial charge in [0.15, 0.2) is 0 Å². The van der Waals surface area contributed by atoms with Crippen LogP contribution in [0.15, 0.2) is 4.47 Å². The summed E-state index contributed by atoms with van der Waals surface area (Å²) in [6.07, 6.45) is 0. The monoisotopic (exact) mass is 275 g/mol. The molecule has 0 aliphatic heterocycles. The Labute approximate surface area is 99.0 Å². The van der Waals surface area contributed by atoms with Crippen molar-refractivity contribution < 1.29 is 5.11 Å². The number of aliphatic hydroxyl groups is 1. The van der Waals surface area contributed by atoms with Gasteiger partial charge in [0.1, 0.15) is 0 Å². The molecule has 0 saturated carbocycles. The summed E-state index contributed by atoms with van der Waals surface area (Å²) in [6, 6.07) is 0. The first-order valence-corrected chi connectivity index (χ1v) is 5.90. The number of aryl methyl sites for hydroxylation is 2. The molecule has 1 aromatic rings. The van der Waals surface area contributed by atoms with Gasteiger partial charge >= 0.3 is 0 Å². The molecule has 0 aliphatic carbocycles. The summed E-state index contributed by atoms with van der Waals surface area (Å²) >= 11 is 3.55. The predicted molar refractivity (Wildman–Crippen MR) is 63.8 cm³/mol. The number of aromatic nitrogens is 2. The maximum atomic E-state index is 8.84. The third-order valence-corrected chi connectivity index (χ3v) is 3.39. The van der Waals surface area contributed by atoms with Crippen LogP contribution >= 0.6 is 15.9 Å². The van der Waals surface area contributed by atoms with E-state index in [0.717, 1.165) is 23.3 Å². The standard InChI is InChI=1S/C10H18BrN3O/c1-4-14-9(7-13(3)5-6-15)10(11)8(2)12-14/h15H,4-7H2,1-3H3. The molecule has 0 bridgehead atoms. The second kappa shape index (κ2) is 5.63. The Morgan fingerprint density at radius 2 is 2.20 bits per heavy atom. The van der Waals surface area contributed by atoms with Crippen LogP contribution in [0.25, 0.3) is 0 Å². The molecule has 86 valence electrons. The number of hydrogen-bond acceptors (Lipinski definition) is 3. The Balaban J connectivity index is 2.82. The fourth-order valence-electron chi connectivity index (χ4n) is 1.53. The number of likely N-dealkylation sites (N-methyl/N-ethyl adjacent to an activating group) is 1. The van der Waals surface area contributed by atoms with Gasteiger partial charge in [-0.2, -0.15) is 5.10 Å². The van der Waals surface area contributed by atoms with Gasteiger partial charge in [-0.3, -0.25) is 9.58 Å². The van der Waals surface area contributed by atoms with Gasteiger partial charge in [0.05, 0.1) is 22.5 Å². The van der Waals surface area contributed by atoms with Crippen LogP contribution in [0.3, 0.4) is 0 Å². The molecular weight excluding hydrogens is 258 g/mol. The minimum atomic E-state index is 0.188. The molecule has 4 nitrogen and oxygen atoms in total. The Hall–Kier alpha value is -0.390. The second-order valence-corrected chi connectivity index (χ2v) is 4.42. The number of nitrogens with zero attached hydrogens (tertiary/aromatic N) is 3. The van der Waals surface area contributed by atoms with E-state index in [4.69, 9.17) is 5.11 Å². The summed E-state index contributed by atoms with van der Waals surface area (Å²) in [5, 5.41) is 13.3. The highest BCUT2D eigenvalue weighted by Gasteiger charge is 2.13. The van der Waals surface area contributed by atoms with Crippen molar-refractivity contribution in [3.05, 3.63) is 15.9 Å². The highest BCUT2D eigenvalue weighted by molar-refractivity contribution is 9.10. The number of rotatable bonds is 5. The summed E-state index contributed by atoms with van der Waals surface area (Å²) in [5.41, 5.74) is 2.19. The lowest BCUT2D eigenvalue weighted by Gasteiger charge is -2.16. The molecule has 0 aromatic carbocycles. The van der Waals surface area contributed by atoms with Crippen LogP contribution < -0.4 is 0 Å². The molecule has 0 radical (unpaired) electrons. The van der Waals surface area contributed by atoms with E-state index in [1.54, 1.807) is 0 Å². The van der Waals surface area contributed by atoms with Crippen molar-refractivity contribution in [2.45, 2.75) is 26.9 Å². The summed E-state index contributed by atoms with van der Waals surface area (Å²) in [6.45, 7) is 6.61. The van der Waals surface area contributed by atoms with Crippen molar-refractivity contribution in [1.82, 2.24) is 14.7 Å². The average Bonchev–Trinajstić information content (AvgIpc) is 2.46. The molecule has 5 heteroatoms. The van der Waals surface area contributed by atoms with Crippen LogP contribution in [0.5, 0.6) is 0 Å². The SMILES string of the molecule is CCn1nc(C)c(Br)c1CN(C)CCO. The lowest BCUT2D eigenvalue weighted by molar-refractivity contribution is 0.214. The quantitative estimate of drug-likeness (QED) is 0.883. The van der Waals surface area contributed by atoms with Gasteiger partial charge in [0, 0.05) is 19.6 Å². The zero-order chi connectivity index (χ0) is 11.4. The van der Waals surface area contributed by atoms with Crippen LogP contribution in [0, 0.1) is 6.92 Å². The normalized spacial score (nSPS) is 11.3. The van der Waals surface area contributed by atoms with Crippen LogP contribution in [0.1, 0.15) is 18.3 Å². The molecule has 0 fully saturated rings. The Morgan fingerprint density at radius 1 is 1.53 bits per heavy atom. The Morgan fingerprint density at radius 3 is 2.73 bits per heavy atom. The van der Waals surface area contributed by atoms with Crippen LogP contribution in [0.2, 0.25) is 0 Å². The maximum Gasteiger partial charge on any atom is 0.0739 e. The molecule has 0 spiro atoms. The number of halogens is 1. The summed E-state index contributed by atoms with van der Waals surface area (Å²) < 4.78 is 3.07. The molecule has 0 aliphatic rings. The van der Waals surface area contributed by atoms with Gasteiger partial charge < -0.3 is 5.11 Å². The van der Waals surface area contributed by atoms with E-state index in [2.05, 4.69) is 32.9 Å². The van der Waals surface area contributed by atoms with Crippen molar-refractivity contribution >= 4 is 15.9 Å². The smallest absolute Gasteiger partial charge is 0.0739 e. The topological polar surface area (TPSA) is 41.3 Å². The molecule has 1 heterocycles. The minimum absolute atomic E-state index is 0.188. The number of aliphatic hydroxyl groups excluding tert-OH is 1. The first-order chi connectivity index (χ1) is 7.10. The molecule has 1 aromatic heterocycles. The second-order valence-electron chi connectivity index (χ2n) is 3.62. The van der Waals surface area contributed by atoms with E-state index in [9.17, 15) is 0 Å². The van der Waals surface area contributed by atoms with Crippen LogP contribution in [-0.2, 0) is 13.1 Å². The van der Waals surface area contributed by atoms with E-state index in [1.165, 1.54) is 5.69 Å². The summed E-state index contributed by atoms with van der Waals surface area (Å²) in [5.74, 6) is 0. The van der Waals surface area contributed by atoms with E-state index in [-0.39, 0.29) is 6.61 Å². The molecule has 1 rings (SSSR count). The third-order valence-electron chi connectivity index (χ3n) is 2.35. The van der Waals surface area contributed by atoms with Crippen molar-refractivity contribution in [2.24, 2.45) is 0 Å². The van der Waals surface area contributed by atoms with Gasteiger partial charge in [0.2, 0.25) is 0 Å². The minimum Gasteiger partial charge on any atom is -0.395 e. The zero-order valence-corrected chi connectivity index (χ0v) is 11.1. The third kappa shape index (κ3) is 3.03. The lowest BCUT2D eigenvalue weighted by Crippen LogP contribution is -2.23. The molecule has 0 amide bonds. The Bertz CT molecular complexity index is 325. The fraction of sp³-hybridized carbons (Fsp3) is 0.700. The van der Waals surface area contributed by atoms with E-state index in [1.807, 2.05) is 18.7 Å². The first-order valence-electron chi connectivity index (χ1n) is 5.11. The summed E-state index contributed by atoms with van der Waals surface area (Å²) in [4.78, 5) is 2.08. The molecule has 0 atom stereocenters. The molecule has 15 heavy (non-hydrogen) atoms. The van der Waals surface area contributed by atoms with Gasteiger partial charge in [0.25, 0.3) is 0 Å². The van der Waals surface area contributed by atoms with Crippen molar-refractivity contribution in [3.63, 3.8) is 0 Å². The lowest BCUT2D eigenvalue weighted by atomic mass is 10.3. The van der Waals surface area contributed by atoms with Crippen LogP contribution in [0.4, 0.5) is 0 Å². The van der Waals surface area contributed by atoms with Crippen LogP contribution in [-0.4, -0.2) is 40.0 Å². The van der Waals surface area contributed by atoms with E-state index < -0.39 is 0 Å². The fourth-order valence-corrected chi connectivity index (χ4v) is 1.93. The highest BCUT2D eigenvalue weighted by atomic mass is 79.9. The first kappa shape index (κ1) is 12.7. The molecule has 1 N–H and O–H groups in total. The zero-order valence-electron chi connectivity index (χ0n) is 9.50. The summed E-state index contributed by atoms with van der Waals surface area (Å²) in [7, 11) is 1.99. The molecule has 0 unspecified atom stereocenters. The maximum absolute atomic E-state index is 8.84. The van der Waals surface area contributed by atoms with Gasteiger partial charge in [-0.05, 0) is 36.8 Å². The van der Waals surface area contributed by atoms with Gasteiger partial charge in [-0.25, -0.2) is 0 Å². The highest BCUT2D eigenvalue weighted by Crippen LogP contribution is 2.21. The largest absolute Gasteiger partial charge is 0.395 e.